The summed E-state index contributed by atoms with van der Waals surface area (Å²) in [5, 5.41) is 11.7. The largest absolute Gasteiger partial charge is 0.497 e. The molecule has 0 aromatic heterocycles. The summed E-state index contributed by atoms with van der Waals surface area (Å²) in [5.74, 6) is 0.557. The number of methoxy groups -OCH3 is 2. The molecule has 1 N–H and O–H groups in total. The maximum absolute atomic E-state index is 12.6. The van der Waals surface area contributed by atoms with Crippen LogP contribution in [0.25, 0.3) is 0 Å². The van der Waals surface area contributed by atoms with E-state index in [0.29, 0.717) is 22.6 Å². The molecule has 0 aliphatic carbocycles. The van der Waals surface area contributed by atoms with Crippen molar-refractivity contribution in [1.82, 2.24) is 4.90 Å². The van der Waals surface area contributed by atoms with Gasteiger partial charge in [0.2, 0.25) is 5.72 Å². The van der Waals surface area contributed by atoms with Crippen LogP contribution in [0.3, 0.4) is 0 Å². The average Bonchev–Trinajstić information content (AvgIpc) is 3.00. The van der Waals surface area contributed by atoms with Crippen LogP contribution in [0.2, 0.25) is 0 Å². The van der Waals surface area contributed by atoms with Gasteiger partial charge in [0, 0.05) is 5.56 Å². The van der Waals surface area contributed by atoms with Crippen LogP contribution in [0.15, 0.2) is 48.5 Å². The first kappa shape index (κ1) is 20.5. The van der Waals surface area contributed by atoms with Crippen LogP contribution in [-0.4, -0.2) is 49.4 Å². The molecule has 0 spiro atoms. The highest BCUT2D eigenvalue weighted by Gasteiger charge is 2.56. The lowest BCUT2D eigenvalue weighted by atomic mass is 9.91. The lowest BCUT2D eigenvalue weighted by Crippen LogP contribution is -2.48. The van der Waals surface area contributed by atoms with Crippen LogP contribution < -0.4 is 9.47 Å². The highest BCUT2D eigenvalue weighted by Crippen LogP contribution is 2.47. The van der Waals surface area contributed by atoms with Gasteiger partial charge in [0.1, 0.15) is 18.0 Å². The first-order valence-corrected chi connectivity index (χ1v) is 9.08. The summed E-state index contributed by atoms with van der Waals surface area (Å²) < 4.78 is 20.8. The molecule has 2 aromatic carbocycles. The van der Waals surface area contributed by atoms with Gasteiger partial charge in [0.15, 0.2) is 6.10 Å². The Kier molecular flexibility index (Phi) is 5.93. The Morgan fingerprint density at radius 2 is 1.62 bits per heavy atom. The molecule has 1 heterocycles. The minimum Gasteiger partial charge on any atom is -0.497 e. The second kappa shape index (κ2) is 8.40. The summed E-state index contributed by atoms with van der Waals surface area (Å²) in [6, 6.07) is 13.3. The SMILES string of the molecule is CCOC(=O)CN1C(=O)O[C@H](c2ccc(OC)cc2)[C@]1(O)c1ccc(OC)cc1. The molecule has 8 nitrogen and oxygen atoms in total. The van der Waals surface area contributed by atoms with Gasteiger partial charge in [-0.15, -0.1) is 0 Å². The first-order valence-electron chi connectivity index (χ1n) is 9.08. The zero-order chi connectivity index (χ0) is 21.0. The third kappa shape index (κ3) is 3.84. The van der Waals surface area contributed by atoms with Crippen molar-refractivity contribution in [1.29, 1.82) is 0 Å². The Hall–Kier alpha value is -3.26. The van der Waals surface area contributed by atoms with Gasteiger partial charge in [0.25, 0.3) is 0 Å². The standard InChI is InChI=1S/C21H23NO7/c1-4-28-18(23)13-22-20(24)29-19(14-5-9-16(26-2)10-6-14)21(22,25)15-7-11-17(27-3)12-8-15/h5-12,19,25H,4,13H2,1-3H3/t19-,21-/m1/s1. The number of ether oxygens (including phenoxy) is 4. The zero-order valence-corrected chi connectivity index (χ0v) is 16.5. The molecule has 1 amide bonds. The van der Waals surface area contributed by atoms with E-state index in [9.17, 15) is 14.7 Å². The van der Waals surface area contributed by atoms with Crippen molar-refractivity contribution >= 4 is 12.1 Å². The fourth-order valence-corrected chi connectivity index (χ4v) is 3.27. The number of carbonyl (C=O) groups is 2. The Morgan fingerprint density at radius 1 is 1.07 bits per heavy atom. The van der Waals surface area contributed by atoms with Crippen molar-refractivity contribution in [2.45, 2.75) is 18.8 Å². The van der Waals surface area contributed by atoms with E-state index in [-0.39, 0.29) is 6.61 Å². The molecular weight excluding hydrogens is 378 g/mol. The summed E-state index contributed by atoms with van der Waals surface area (Å²) >= 11 is 0. The number of amides is 1. The third-order valence-electron chi connectivity index (χ3n) is 4.74. The van der Waals surface area contributed by atoms with Crippen molar-refractivity contribution in [2.24, 2.45) is 0 Å². The van der Waals surface area contributed by atoms with Crippen LogP contribution in [0.4, 0.5) is 4.79 Å². The number of nitrogens with zero attached hydrogens (tertiary/aromatic N) is 1. The van der Waals surface area contributed by atoms with E-state index >= 15 is 0 Å². The zero-order valence-electron chi connectivity index (χ0n) is 16.5. The van der Waals surface area contributed by atoms with E-state index < -0.39 is 30.4 Å². The number of aliphatic hydroxyl groups is 1. The second-order valence-corrected chi connectivity index (χ2v) is 6.38. The van der Waals surface area contributed by atoms with Crippen LogP contribution in [-0.2, 0) is 20.0 Å². The number of rotatable bonds is 7. The van der Waals surface area contributed by atoms with Gasteiger partial charge in [-0.2, -0.15) is 0 Å². The van der Waals surface area contributed by atoms with Gasteiger partial charge >= 0.3 is 12.1 Å². The van der Waals surface area contributed by atoms with E-state index in [4.69, 9.17) is 18.9 Å². The maximum atomic E-state index is 12.6. The molecule has 8 heteroatoms. The number of hydrogen-bond donors (Lipinski definition) is 1. The molecule has 0 unspecified atom stereocenters. The Morgan fingerprint density at radius 3 is 2.14 bits per heavy atom. The highest BCUT2D eigenvalue weighted by molar-refractivity contribution is 5.80. The molecule has 154 valence electrons. The monoisotopic (exact) mass is 401 g/mol. The van der Waals surface area contributed by atoms with Gasteiger partial charge in [-0.1, -0.05) is 24.3 Å². The van der Waals surface area contributed by atoms with E-state index in [0.717, 1.165) is 4.90 Å². The average molecular weight is 401 g/mol. The van der Waals surface area contributed by atoms with Gasteiger partial charge in [-0.25, -0.2) is 4.79 Å². The van der Waals surface area contributed by atoms with E-state index in [2.05, 4.69) is 0 Å². The van der Waals surface area contributed by atoms with Crippen LogP contribution in [0, 0.1) is 0 Å². The van der Waals surface area contributed by atoms with E-state index in [1.807, 2.05) is 0 Å². The predicted octanol–water partition coefficient (Wildman–Crippen LogP) is 2.61. The van der Waals surface area contributed by atoms with E-state index in [1.165, 1.54) is 7.11 Å². The number of carbonyl (C=O) groups excluding carboxylic acids is 2. The van der Waals surface area contributed by atoms with E-state index in [1.54, 1.807) is 62.6 Å². The summed E-state index contributed by atoms with van der Waals surface area (Å²) in [6.45, 7) is 1.36. The fourth-order valence-electron chi connectivity index (χ4n) is 3.27. The van der Waals surface area contributed by atoms with Gasteiger partial charge < -0.3 is 24.1 Å². The summed E-state index contributed by atoms with van der Waals surface area (Å²) in [7, 11) is 3.07. The second-order valence-electron chi connectivity index (χ2n) is 6.38. The molecule has 2 atom stereocenters. The lowest BCUT2D eigenvalue weighted by Gasteiger charge is -2.34. The molecule has 29 heavy (non-hydrogen) atoms. The van der Waals surface area contributed by atoms with Crippen molar-refractivity contribution in [3.63, 3.8) is 0 Å². The summed E-state index contributed by atoms with van der Waals surface area (Å²) in [6.07, 6.45) is -1.89. The Labute approximate surface area is 168 Å². The molecule has 1 aliphatic rings. The quantitative estimate of drug-likeness (QED) is 0.713. The number of cyclic esters (lactones) is 1. The first-order chi connectivity index (χ1) is 13.9. The molecule has 1 saturated heterocycles. The molecule has 0 saturated carbocycles. The number of esters is 1. The highest BCUT2D eigenvalue weighted by atomic mass is 16.6. The van der Waals surface area contributed by atoms with Crippen molar-refractivity contribution in [3.05, 3.63) is 59.7 Å². The van der Waals surface area contributed by atoms with Gasteiger partial charge in [-0.05, 0) is 36.8 Å². The molecule has 3 rings (SSSR count). The summed E-state index contributed by atoms with van der Waals surface area (Å²) in [4.78, 5) is 25.7. The topological polar surface area (TPSA) is 94.5 Å². The van der Waals surface area contributed by atoms with Crippen molar-refractivity contribution in [3.8, 4) is 11.5 Å². The molecule has 1 fully saturated rings. The van der Waals surface area contributed by atoms with Gasteiger partial charge in [0.05, 0.1) is 20.8 Å². The fraction of sp³-hybridized carbons (Fsp3) is 0.333. The molecule has 0 radical (unpaired) electrons. The number of hydrogen-bond acceptors (Lipinski definition) is 7. The Bertz CT molecular complexity index is 866. The predicted molar refractivity (Wildman–Crippen MR) is 102 cm³/mol. The molecular formula is C21H23NO7. The smallest absolute Gasteiger partial charge is 0.413 e. The van der Waals surface area contributed by atoms with Crippen LogP contribution in [0.5, 0.6) is 11.5 Å². The van der Waals surface area contributed by atoms with Crippen molar-refractivity contribution in [2.75, 3.05) is 27.4 Å². The van der Waals surface area contributed by atoms with Gasteiger partial charge in [-0.3, -0.25) is 9.69 Å². The minimum atomic E-state index is -1.93. The molecule has 0 bridgehead atoms. The lowest BCUT2D eigenvalue weighted by molar-refractivity contribution is -0.153. The van der Waals surface area contributed by atoms with Crippen LogP contribution in [0.1, 0.15) is 24.2 Å². The number of benzene rings is 2. The molecule has 2 aromatic rings. The molecule has 1 aliphatic heterocycles. The van der Waals surface area contributed by atoms with Crippen molar-refractivity contribution < 1.29 is 33.6 Å². The minimum absolute atomic E-state index is 0.157. The Balaban J connectivity index is 2.05. The third-order valence-corrected chi connectivity index (χ3v) is 4.74. The maximum Gasteiger partial charge on any atom is 0.413 e. The summed E-state index contributed by atoms with van der Waals surface area (Å²) in [5.41, 5.74) is -1.01. The normalized spacial score (nSPS) is 20.9. The van der Waals surface area contributed by atoms with Crippen LogP contribution >= 0.6 is 0 Å².